The highest BCUT2D eigenvalue weighted by Crippen LogP contribution is 2.29. The summed E-state index contributed by atoms with van der Waals surface area (Å²) in [6, 6.07) is 12.1. The summed E-state index contributed by atoms with van der Waals surface area (Å²) < 4.78 is 15.8. The van der Waals surface area contributed by atoms with E-state index in [-0.39, 0.29) is 12.5 Å². The molecule has 2 N–H and O–H groups in total. The number of nitrogens with one attached hydrogen (secondary N) is 1. The van der Waals surface area contributed by atoms with Crippen molar-refractivity contribution in [2.75, 3.05) is 27.4 Å². The number of ether oxygens (including phenoxy) is 3. The Morgan fingerprint density at radius 3 is 2.48 bits per heavy atom. The molecule has 0 fully saturated rings. The fourth-order valence-corrected chi connectivity index (χ4v) is 2.40. The van der Waals surface area contributed by atoms with Gasteiger partial charge in [0, 0.05) is 6.54 Å². The summed E-state index contributed by atoms with van der Waals surface area (Å²) in [7, 11) is 3.07. The van der Waals surface area contributed by atoms with Gasteiger partial charge in [0.05, 0.1) is 32.5 Å². The van der Waals surface area contributed by atoms with E-state index in [2.05, 4.69) is 5.32 Å². The topological polar surface area (TPSA) is 77.0 Å². The van der Waals surface area contributed by atoms with Gasteiger partial charge in [0.25, 0.3) is 5.91 Å². The van der Waals surface area contributed by atoms with Crippen LogP contribution in [0.4, 0.5) is 0 Å². The number of carbonyl (C=O) groups is 1. The minimum atomic E-state index is -0.872. The Morgan fingerprint density at radius 2 is 1.80 bits per heavy atom. The number of aliphatic hydroxyl groups excluding tert-OH is 1. The van der Waals surface area contributed by atoms with Crippen LogP contribution in [0.3, 0.4) is 0 Å². The molecule has 25 heavy (non-hydrogen) atoms. The average molecular weight is 345 g/mol. The fourth-order valence-electron chi connectivity index (χ4n) is 2.40. The molecule has 0 aliphatic carbocycles. The van der Waals surface area contributed by atoms with Crippen molar-refractivity contribution in [1.82, 2.24) is 5.32 Å². The number of rotatable bonds is 8. The van der Waals surface area contributed by atoms with Crippen LogP contribution in [-0.4, -0.2) is 38.4 Å². The number of methoxy groups -OCH3 is 2. The molecule has 2 aromatic carbocycles. The molecule has 0 heterocycles. The highest BCUT2D eigenvalue weighted by atomic mass is 16.5. The van der Waals surface area contributed by atoms with Crippen LogP contribution in [0.15, 0.2) is 42.5 Å². The van der Waals surface area contributed by atoms with Crippen molar-refractivity contribution in [2.45, 2.75) is 13.0 Å². The summed E-state index contributed by atoms with van der Waals surface area (Å²) in [5.41, 5.74) is 1.06. The summed E-state index contributed by atoms with van der Waals surface area (Å²) in [5.74, 6) is 1.31. The highest BCUT2D eigenvalue weighted by Gasteiger charge is 2.16. The lowest BCUT2D eigenvalue weighted by Gasteiger charge is -2.16. The molecule has 134 valence electrons. The van der Waals surface area contributed by atoms with Gasteiger partial charge >= 0.3 is 0 Å². The van der Waals surface area contributed by atoms with E-state index in [1.165, 1.54) is 7.11 Å². The second-order valence-corrected chi connectivity index (χ2v) is 5.27. The third-order valence-electron chi connectivity index (χ3n) is 3.68. The number of benzene rings is 2. The van der Waals surface area contributed by atoms with Gasteiger partial charge in [-0.25, -0.2) is 0 Å². The van der Waals surface area contributed by atoms with Gasteiger partial charge in [-0.05, 0) is 36.8 Å². The Morgan fingerprint density at radius 1 is 1.08 bits per heavy atom. The maximum absolute atomic E-state index is 12.4. The van der Waals surface area contributed by atoms with Gasteiger partial charge in [0.2, 0.25) is 0 Å². The van der Waals surface area contributed by atoms with Crippen LogP contribution in [-0.2, 0) is 0 Å². The molecule has 0 aromatic heterocycles. The van der Waals surface area contributed by atoms with E-state index in [0.29, 0.717) is 35.0 Å². The summed E-state index contributed by atoms with van der Waals surface area (Å²) in [4.78, 5) is 12.4. The predicted octanol–water partition coefficient (Wildman–Crippen LogP) is 2.57. The molecule has 0 spiro atoms. The van der Waals surface area contributed by atoms with Crippen molar-refractivity contribution in [3.8, 4) is 17.2 Å². The molecule has 0 aliphatic rings. The summed E-state index contributed by atoms with van der Waals surface area (Å²) >= 11 is 0. The zero-order valence-electron chi connectivity index (χ0n) is 14.6. The van der Waals surface area contributed by atoms with Gasteiger partial charge in [-0.3, -0.25) is 4.79 Å². The lowest BCUT2D eigenvalue weighted by atomic mass is 10.1. The van der Waals surface area contributed by atoms with Crippen molar-refractivity contribution >= 4 is 5.91 Å². The van der Waals surface area contributed by atoms with E-state index >= 15 is 0 Å². The number of aliphatic hydroxyl groups is 1. The second kappa shape index (κ2) is 8.94. The average Bonchev–Trinajstić information content (AvgIpc) is 2.65. The van der Waals surface area contributed by atoms with Crippen LogP contribution in [0.2, 0.25) is 0 Å². The van der Waals surface area contributed by atoms with Gasteiger partial charge < -0.3 is 24.6 Å². The Hall–Kier alpha value is -2.73. The van der Waals surface area contributed by atoms with E-state index < -0.39 is 6.10 Å². The molecular weight excluding hydrogens is 322 g/mol. The molecule has 2 rings (SSSR count). The summed E-state index contributed by atoms with van der Waals surface area (Å²) in [5, 5.41) is 13.1. The van der Waals surface area contributed by atoms with E-state index in [1.807, 2.05) is 6.92 Å². The van der Waals surface area contributed by atoms with Crippen LogP contribution in [0.25, 0.3) is 0 Å². The molecular formula is C19H23NO5. The van der Waals surface area contributed by atoms with Crippen molar-refractivity contribution < 1.29 is 24.1 Å². The fraction of sp³-hybridized carbons (Fsp3) is 0.316. The Bertz CT molecular complexity index is 717. The Kier molecular flexibility index (Phi) is 6.65. The molecule has 0 bridgehead atoms. The van der Waals surface area contributed by atoms with Crippen LogP contribution in [0, 0.1) is 0 Å². The zero-order chi connectivity index (χ0) is 18.2. The standard InChI is InChI=1S/C19H23NO5/c1-4-25-16-8-6-5-7-14(16)19(22)20-12-15(21)13-9-10-17(23-2)18(11-13)24-3/h5-11,15,21H,4,12H2,1-3H3,(H,20,22)/t15-/m0/s1. The summed E-state index contributed by atoms with van der Waals surface area (Å²) in [6.07, 6.45) is -0.872. The maximum atomic E-state index is 12.4. The van der Waals surface area contributed by atoms with Gasteiger partial charge in [-0.15, -0.1) is 0 Å². The first kappa shape index (κ1) is 18.6. The lowest BCUT2D eigenvalue weighted by molar-refractivity contribution is 0.0912. The van der Waals surface area contributed by atoms with E-state index in [0.717, 1.165) is 0 Å². The summed E-state index contributed by atoms with van der Waals surface area (Å²) in [6.45, 7) is 2.39. The minimum Gasteiger partial charge on any atom is -0.493 e. The first-order valence-electron chi connectivity index (χ1n) is 8.00. The highest BCUT2D eigenvalue weighted by molar-refractivity contribution is 5.96. The molecule has 0 unspecified atom stereocenters. The number of carbonyl (C=O) groups excluding carboxylic acids is 1. The molecule has 6 nitrogen and oxygen atoms in total. The molecule has 1 atom stereocenters. The predicted molar refractivity (Wildman–Crippen MR) is 94.5 cm³/mol. The van der Waals surface area contributed by atoms with Gasteiger partial charge in [0.1, 0.15) is 5.75 Å². The largest absolute Gasteiger partial charge is 0.493 e. The van der Waals surface area contributed by atoms with E-state index in [9.17, 15) is 9.90 Å². The van der Waals surface area contributed by atoms with Crippen molar-refractivity contribution in [2.24, 2.45) is 0 Å². The molecule has 6 heteroatoms. The van der Waals surface area contributed by atoms with Gasteiger partial charge in [-0.2, -0.15) is 0 Å². The van der Waals surface area contributed by atoms with Crippen molar-refractivity contribution in [3.63, 3.8) is 0 Å². The number of para-hydroxylation sites is 1. The first-order chi connectivity index (χ1) is 12.1. The SMILES string of the molecule is CCOc1ccccc1C(=O)NC[C@H](O)c1ccc(OC)c(OC)c1. The van der Waals surface area contributed by atoms with Crippen LogP contribution >= 0.6 is 0 Å². The first-order valence-corrected chi connectivity index (χ1v) is 8.00. The molecule has 0 saturated heterocycles. The van der Waals surface area contributed by atoms with Crippen LogP contribution in [0.5, 0.6) is 17.2 Å². The monoisotopic (exact) mass is 345 g/mol. The van der Waals surface area contributed by atoms with Crippen LogP contribution in [0.1, 0.15) is 28.9 Å². The van der Waals surface area contributed by atoms with Crippen molar-refractivity contribution in [3.05, 3.63) is 53.6 Å². The Labute approximate surface area is 147 Å². The normalized spacial score (nSPS) is 11.5. The van der Waals surface area contributed by atoms with E-state index in [1.54, 1.807) is 49.6 Å². The molecule has 0 radical (unpaired) electrons. The minimum absolute atomic E-state index is 0.0643. The number of hydrogen-bond acceptors (Lipinski definition) is 5. The van der Waals surface area contributed by atoms with Gasteiger partial charge in [0.15, 0.2) is 11.5 Å². The molecule has 0 saturated carbocycles. The second-order valence-electron chi connectivity index (χ2n) is 5.27. The molecule has 1 amide bonds. The lowest BCUT2D eigenvalue weighted by Crippen LogP contribution is -2.28. The van der Waals surface area contributed by atoms with E-state index in [4.69, 9.17) is 14.2 Å². The smallest absolute Gasteiger partial charge is 0.255 e. The maximum Gasteiger partial charge on any atom is 0.255 e. The molecule has 0 aliphatic heterocycles. The third-order valence-corrected chi connectivity index (χ3v) is 3.68. The molecule has 2 aromatic rings. The number of hydrogen-bond donors (Lipinski definition) is 2. The Balaban J connectivity index is 2.04. The quantitative estimate of drug-likeness (QED) is 0.769. The zero-order valence-corrected chi connectivity index (χ0v) is 14.6. The third kappa shape index (κ3) is 4.64. The van der Waals surface area contributed by atoms with Gasteiger partial charge in [-0.1, -0.05) is 18.2 Å². The number of amides is 1. The van der Waals surface area contributed by atoms with Crippen LogP contribution < -0.4 is 19.5 Å². The van der Waals surface area contributed by atoms with Crippen molar-refractivity contribution in [1.29, 1.82) is 0 Å².